The molecule has 0 spiro atoms. The van der Waals surface area contributed by atoms with Gasteiger partial charge in [-0.15, -0.1) is 0 Å². The Labute approximate surface area is 141 Å². The molecule has 0 aliphatic carbocycles. The van der Waals surface area contributed by atoms with Gasteiger partial charge in [0.2, 0.25) is 0 Å². The van der Waals surface area contributed by atoms with Crippen LogP contribution in [-0.4, -0.2) is 15.8 Å². The van der Waals surface area contributed by atoms with Gasteiger partial charge in [0.05, 0.1) is 11.3 Å². The van der Waals surface area contributed by atoms with E-state index in [2.05, 4.69) is 15.5 Å². The molecule has 25 heavy (non-hydrogen) atoms. The number of rotatable bonds is 3. The molecule has 2 N–H and O–H groups in total. The summed E-state index contributed by atoms with van der Waals surface area (Å²) >= 11 is 0. The van der Waals surface area contributed by atoms with Gasteiger partial charge in [-0.1, -0.05) is 30.3 Å². The Balaban J connectivity index is 1.83. The molecule has 3 rings (SSSR count). The number of phenols is 1. The highest BCUT2D eigenvalue weighted by Gasteiger charge is 2.30. The predicted molar refractivity (Wildman–Crippen MR) is 90.7 cm³/mol. The number of phenolic OH excluding ortho intramolecular Hbond substituents is 1. The Morgan fingerprint density at radius 1 is 1.08 bits per heavy atom. The second-order valence-corrected chi connectivity index (χ2v) is 5.42. The summed E-state index contributed by atoms with van der Waals surface area (Å²) in [6.07, 6.45) is -3.69. The quantitative estimate of drug-likeness (QED) is 0.530. The van der Waals surface area contributed by atoms with Gasteiger partial charge in [0.15, 0.2) is 0 Å². The number of nitrogens with one attached hydrogen (secondary N) is 1. The van der Waals surface area contributed by atoms with Crippen molar-refractivity contribution in [1.82, 2.24) is 4.98 Å². The monoisotopic (exact) mass is 345 g/mol. The van der Waals surface area contributed by atoms with Crippen LogP contribution in [0.5, 0.6) is 5.75 Å². The minimum Gasteiger partial charge on any atom is -0.507 e. The molecule has 1 aromatic heterocycles. The zero-order valence-corrected chi connectivity index (χ0v) is 13.2. The molecule has 4 nitrogen and oxygen atoms in total. The van der Waals surface area contributed by atoms with Crippen LogP contribution in [0.25, 0.3) is 10.8 Å². The van der Waals surface area contributed by atoms with E-state index in [9.17, 15) is 18.3 Å². The van der Waals surface area contributed by atoms with Crippen LogP contribution in [-0.2, 0) is 6.18 Å². The van der Waals surface area contributed by atoms with Crippen LogP contribution < -0.4 is 5.43 Å². The lowest BCUT2D eigenvalue weighted by Crippen LogP contribution is -2.06. The third kappa shape index (κ3) is 3.55. The average molecular weight is 345 g/mol. The number of hydrazone groups is 1. The Kier molecular flexibility index (Phi) is 4.31. The van der Waals surface area contributed by atoms with Gasteiger partial charge in [0.25, 0.3) is 0 Å². The number of fused-ring (bicyclic) bond motifs is 1. The van der Waals surface area contributed by atoms with Gasteiger partial charge in [-0.3, -0.25) is 5.43 Å². The molecule has 3 aromatic rings. The first-order valence-electron chi connectivity index (χ1n) is 7.41. The fourth-order valence-corrected chi connectivity index (χ4v) is 2.38. The highest BCUT2D eigenvalue weighted by Crippen LogP contribution is 2.30. The van der Waals surface area contributed by atoms with Crippen molar-refractivity contribution < 1.29 is 18.3 Å². The fraction of sp³-hybridized carbons (Fsp3) is 0.111. The van der Waals surface area contributed by atoms with Crippen LogP contribution in [0.1, 0.15) is 18.1 Å². The van der Waals surface area contributed by atoms with E-state index in [0.717, 1.165) is 17.6 Å². The number of hydrogen-bond acceptors (Lipinski definition) is 4. The molecule has 2 aromatic carbocycles. The number of aromatic hydroxyl groups is 1. The lowest BCUT2D eigenvalue weighted by molar-refractivity contribution is -0.137. The fourth-order valence-electron chi connectivity index (χ4n) is 2.38. The second kappa shape index (κ2) is 6.43. The van der Waals surface area contributed by atoms with Crippen molar-refractivity contribution in [3.8, 4) is 5.75 Å². The summed E-state index contributed by atoms with van der Waals surface area (Å²) in [7, 11) is 0. The summed E-state index contributed by atoms with van der Waals surface area (Å²) in [5, 5.41) is 16.1. The zero-order chi connectivity index (χ0) is 18.0. The highest BCUT2D eigenvalue weighted by molar-refractivity contribution is 6.06. The normalized spacial score (nSPS) is 12.4. The molecule has 0 unspecified atom stereocenters. The van der Waals surface area contributed by atoms with E-state index in [0.29, 0.717) is 16.7 Å². The molecule has 1 heterocycles. The van der Waals surface area contributed by atoms with Crippen molar-refractivity contribution >= 4 is 22.3 Å². The largest absolute Gasteiger partial charge is 0.507 e. The van der Waals surface area contributed by atoms with Gasteiger partial charge in [-0.25, -0.2) is 4.98 Å². The van der Waals surface area contributed by atoms with E-state index >= 15 is 0 Å². The molecule has 0 bridgehead atoms. The van der Waals surface area contributed by atoms with Gasteiger partial charge in [-0.05, 0) is 30.5 Å². The third-order valence-corrected chi connectivity index (χ3v) is 3.72. The molecule has 0 radical (unpaired) electrons. The van der Waals surface area contributed by atoms with E-state index in [-0.39, 0.29) is 11.6 Å². The molecule has 0 fully saturated rings. The maximum absolute atomic E-state index is 12.5. The maximum atomic E-state index is 12.5. The maximum Gasteiger partial charge on any atom is 0.417 e. The smallest absolute Gasteiger partial charge is 0.417 e. The van der Waals surface area contributed by atoms with Gasteiger partial charge in [0.1, 0.15) is 11.6 Å². The molecular weight excluding hydrogens is 331 g/mol. The lowest BCUT2D eigenvalue weighted by atomic mass is 10.0. The number of hydrogen-bond donors (Lipinski definition) is 2. The lowest BCUT2D eigenvalue weighted by Gasteiger charge is -2.09. The zero-order valence-electron chi connectivity index (χ0n) is 13.2. The van der Waals surface area contributed by atoms with Gasteiger partial charge in [-0.2, -0.15) is 18.3 Å². The molecule has 7 heteroatoms. The van der Waals surface area contributed by atoms with Crippen molar-refractivity contribution in [2.45, 2.75) is 13.1 Å². The van der Waals surface area contributed by atoms with Crippen molar-refractivity contribution in [2.24, 2.45) is 5.10 Å². The van der Waals surface area contributed by atoms with Crippen LogP contribution in [0.3, 0.4) is 0 Å². The van der Waals surface area contributed by atoms with Crippen LogP contribution in [0.15, 0.2) is 59.8 Å². The van der Waals surface area contributed by atoms with E-state index in [4.69, 9.17) is 0 Å². The predicted octanol–water partition coefficient (Wildman–Crippen LogP) is 4.80. The van der Waals surface area contributed by atoms with Crippen LogP contribution in [0.4, 0.5) is 19.0 Å². The van der Waals surface area contributed by atoms with Gasteiger partial charge >= 0.3 is 6.18 Å². The molecule has 0 amide bonds. The molecule has 0 saturated carbocycles. The molecule has 128 valence electrons. The summed E-state index contributed by atoms with van der Waals surface area (Å²) in [5.41, 5.74) is 2.77. The summed E-state index contributed by atoms with van der Waals surface area (Å²) < 4.78 is 37.5. The highest BCUT2D eigenvalue weighted by atomic mass is 19.4. The van der Waals surface area contributed by atoms with E-state index < -0.39 is 11.7 Å². The Bertz CT molecular complexity index is 934. The SMILES string of the molecule is CC(=NNc1ccc(C(F)(F)F)cn1)c1ccc2ccccc2c1O. The summed E-state index contributed by atoms with van der Waals surface area (Å²) in [6.45, 7) is 1.68. The van der Waals surface area contributed by atoms with E-state index in [1.807, 2.05) is 24.3 Å². The van der Waals surface area contributed by atoms with Gasteiger partial charge < -0.3 is 5.11 Å². The number of halogens is 3. The van der Waals surface area contributed by atoms with E-state index in [1.165, 1.54) is 6.07 Å². The van der Waals surface area contributed by atoms with E-state index in [1.54, 1.807) is 19.1 Å². The first-order chi connectivity index (χ1) is 11.9. The summed E-state index contributed by atoms with van der Waals surface area (Å²) in [6, 6.07) is 13.1. The summed E-state index contributed by atoms with van der Waals surface area (Å²) in [4.78, 5) is 3.68. The molecule has 0 saturated heterocycles. The number of benzene rings is 2. The van der Waals surface area contributed by atoms with Crippen molar-refractivity contribution in [3.05, 3.63) is 65.9 Å². The van der Waals surface area contributed by atoms with Crippen molar-refractivity contribution in [3.63, 3.8) is 0 Å². The average Bonchev–Trinajstić information content (AvgIpc) is 2.60. The number of pyridine rings is 1. The van der Waals surface area contributed by atoms with Crippen molar-refractivity contribution in [2.75, 3.05) is 5.43 Å². The minimum atomic E-state index is -4.43. The Hall–Kier alpha value is -3.09. The Morgan fingerprint density at radius 2 is 1.84 bits per heavy atom. The van der Waals surface area contributed by atoms with Crippen LogP contribution in [0.2, 0.25) is 0 Å². The summed E-state index contributed by atoms with van der Waals surface area (Å²) in [5.74, 6) is 0.272. The number of anilines is 1. The third-order valence-electron chi connectivity index (χ3n) is 3.72. The second-order valence-electron chi connectivity index (χ2n) is 5.42. The molecule has 0 atom stereocenters. The minimum absolute atomic E-state index is 0.0986. The van der Waals surface area contributed by atoms with Crippen LogP contribution >= 0.6 is 0 Å². The number of nitrogens with zero attached hydrogens (tertiary/aromatic N) is 2. The number of alkyl halides is 3. The van der Waals surface area contributed by atoms with Crippen molar-refractivity contribution in [1.29, 1.82) is 0 Å². The van der Waals surface area contributed by atoms with Gasteiger partial charge in [0, 0.05) is 17.1 Å². The molecular formula is C18H14F3N3O. The molecule has 0 aliphatic heterocycles. The van der Waals surface area contributed by atoms with Crippen LogP contribution in [0, 0.1) is 0 Å². The topological polar surface area (TPSA) is 57.5 Å². The first-order valence-corrected chi connectivity index (χ1v) is 7.41. The molecule has 0 aliphatic rings. The number of aromatic nitrogens is 1. The Morgan fingerprint density at radius 3 is 2.52 bits per heavy atom. The first kappa shape index (κ1) is 16.8. The standard InChI is InChI=1S/C18H14F3N3O/c1-11(14-8-6-12-4-2-3-5-15(12)17(14)25)23-24-16-9-7-13(10-22-16)18(19,20)21/h2-10,25H,1H3,(H,22,24).